The third-order valence-electron chi connectivity index (χ3n) is 3.98. The number of hydrogen-bond donors (Lipinski definition) is 1. The highest BCUT2D eigenvalue weighted by Gasteiger charge is 2.07. The number of pyridine rings is 1. The maximum Gasteiger partial charge on any atom is 0.411 e. The number of aliphatic imine (C=N–C) groups is 1. The smallest absolute Gasteiger partial charge is 0.411 e. The van der Waals surface area contributed by atoms with Gasteiger partial charge in [0.25, 0.3) is 0 Å². The second-order valence-electron chi connectivity index (χ2n) is 6.01. The topological polar surface area (TPSA) is 71.6 Å². The Bertz CT molecular complexity index is 781. The summed E-state index contributed by atoms with van der Waals surface area (Å²) in [6, 6.07) is 9.28. The van der Waals surface area contributed by atoms with Crippen LogP contribution < -0.4 is 9.88 Å². The van der Waals surface area contributed by atoms with Crippen LogP contribution in [0.15, 0.2) is 47.7 Å². The van der Waals surface area contributed by atoms with Gasteiger partial charge in [0.2, 0.25) is 6.08 Å². The van der Waals surface area contributed by atoms with Gasteiger partial charge < -0.3 is 4.74 Å². The van der Waals surface area contributed by atoms with Crippen molar-refractivity contribution < 1.29 is 18.9 Å². The third-order valence-corrected chi connectivity index (χ3v) is 3.98. The van der Waals surface area contributed by atoms with E-state index in [1.807, 2.05) is 23.9 Å². The molecule has 0 aliphatic carbocycles. The number of anilines is 1. The summed E-state index contributed by atoms with van der Waals surface area (Å²) in [4.78, 5) is 25.9. The Morgan fingerprint density at radius 3 is 2.73 bits per heavy atom. The number of isocyanates is 1. The summed E-state index contributed by atoms with van der Waals surface area (Å²) in [5.74, 6) is 0. The fourth-order valence-electron chi connectivity index (χ4n) is 2.44. The Morgan fingerprint density at radius 1 is 1.27 bits per heavy atom. The minimum Gasteiger partial charge on any atom is -0.443 e. The summed E-state index contributed by atoms with van der Waals surface area (Å²) in [7, 11) is 0. The number of hydrogen-bond acceptors (Lipinski definition) is 4. The van der Waals surface area contributed by atoms with Gasteiger partial charge in [-0.15, -0.1) is 0 Å². The van der Waals surface area contributed by atoms with Gasteiger partial charge >= 0.3 is 6.09 Å². The van der Waals surface area contributed by atoms with E-state index in [0.717, 1.165) is 12.0 Å². The molecule has 136 valence electrons. The third kappa shape index (κ3) is 6.15. The van der Waals surface area contributed by atoms with E-state index in [1.54, 1.807) is 18.2 Å². The van der Waals surface area contributed by atoms with Crippen LogP contribution in [-0.4, -0.2) is 18.8 Å². The summed E-state index contributed by atoms with van der Waals surface area (Å²) >= 11 is 0. The minimum atomic E-state index is -0.546. The van der Waals surface area contributed by atoms with E-state index >= 15 is 0 Å². The van der Waals surface area contributed by atoms with Gasteiger partial charge in [0.15, 0.2) is 25.5 Å². The molecule has 1 aromatic carbocycles. The molecule has 0 fully saturated rings. The quantitative estimate of drug-likeness (QED) is 0.445. The molecule has 26 heavy (non-hydrogen) atoms. The number of carbonyl (C=O) groups is 1. The highest BCUT2D eigenvalue weighted by molar-refractivity contribution is 5.85. The summed E-state index contributed by atoms with van der Waals surface area (Å²) < 4.78 is 7.17. The van der Waals surface area contributed by atoms with Crippen LogP contribution in [-0.2, 0) is 22.5 Å². The highest BCUT2D eigenvalue weighted by Crippen LogP contribution is 2.22. The van der Waals surface area contributed by atoms with E-state index in [0.29, 0.717) is 17.9 Å². The average Bonchev–Trinajstić information content (AvgIpc) is 2.64. The van der Waals surface area contributed by atoms with E-state index in [4.69, 9.17) is 4.74 Å². The lowest BCUT2D eigenvalue weighted by molar-refractivity contribution is -0.697. The zero-order valence-corrected chi connectivity index (χ0v) is 15.2. The standard InChI is InChI=1S/C20H23N3O3/c1-3-4-5-17-8-10-23(11-9-17)12-13-26-20(25)22-18-7-6-16(2)19(14-18)21-15-24/h6-11,14H,3-5,12-13H2,1-2H3/p+1. The van der Waals surface area contributed by atoms with Crippen molar-refractivity contribution in [3.05, 3.63) is 53.9 Å². The van der Waals surface area contributed by atoms with Gasteiger partial charge in [-0.25, -0.2) is 14.2 Å². The fourth-order valence-corrected chi connectivity index (χ4v) is 2.44. The molecule has 0 saturated carbocycles. The number of aryl methyl sites for hydroxylation is 2. The van der Waals surface area contributed by atoms with Gasteiger partial charge in [-0.1, -0.05) is 19.4 Å². The number of nitrogens with zero attached hydrogens (tertiary/aromatic N) is 2. The molecule has 6 heteroatoms. The molecule has 0 spiro atoms. The van der Waals surface area contributed by atoms with Crippen molar-refractivity contribution in [3.63, 3.8) is 0 Å². The van der Waals surface area contributed by atoms with Crippen LogP contribution in [0.4, 0.5) is 16.2 Å². The van der Waals surface area contributed by atoms with Crippen molar-refractivity contribution in [3.8, 4) is 0 Å². The molecule has 0 radical (unpaired) electrons. The van der Waals surface area contributed by atoms with Crippen molar-refractivity contribution in [1.29, 1.82) is 0 Å². The predicted molar refractivity (Wildman–Crippen MR) is 99.2 cm³/mol. The van der Waals surface area contributed by atoms with Crippen molar-refractivity contribution in [1.82, 2.24) is 0 Å². The predicted octanol–water partition coefficient (Wildman–Crippen LogP) is 3.84. The van der Waals surface area contributed by atoms with E-state index < -0.39 is 6.09 Å². The molecule has 1 heterocycles. The zero-order valence-electron chi connectivity index (χ0n) is 15.2. The number of amides is 1. The van der Waals surface area contributed by atoms with Crippen LogP contribution in [0.1, 0.15) is 30.9 Å². The lowest BCUT2D eigenvalue weighted by Crippen LogP contribution is -2.36. The fraction of sp³-hybridized carbons (Fsp3) is 0.350. The van der Waals surface area contributed by atoms with Crippen molar-refractivity contribution in [2.75, 3.05) is 11.9 Å². The van der Waals surface area contributed by atoms with E-state index in [1.165, 1.54) is 24.5 Å². The van der Waals surface area contributed by atoms with Gasteiger partial charge in [0.05, 0.1) is 5.69 Å². The molecule has 2 rings (SSSR count). The maximum absolute atomic E-state index is 11.9. The Balaban J connectivity index is 1.80. The molecule has 2 aromatic rings. The number of ether oxygens (including phenoxy) is 1. The second-order valence-corrected chi connectivity index (χ2v) is 6.01. The highest BCUT2D eigenvalue weighted by atomic mass is 16.5. The first-order valence-electron chi connectivity index (χ1n) is 8.72. The molecule has 0 aliphatic rings. The molecule has 0 aliphatic heterocycles. The molecule has 1 amide bonds. The lowest BCUT2D eigenvalue weighted by Gasteiger charge is -2.07. The normalized spacial score (nSPS) is 10.1. The zero-order chi connectivity index (χ0) is 18.8. The van der Waals surface area contributed by atoms with Gasteiger partial charge in [-0.3, -0.25) is 5.32 Å². The Hall–Kier alpha value is -2.98. The van der Waals surface area contributed by atoms with Crippen LogP contribution in [0.3, 0.4) is 0 Å². The lowest BCUT2D eigenvalue weighted by atomic mass is 10.1. The number of aromatic nitrogens is 1. The van der Waals surface area contributed by atoms with Crippen molar-refractivity contribution in [2.24, 2.45) is 4.99 Å². The monoisotopic (exact) mass is 354 g/mol. The largest absolute Gasteiger partial charge is 0.443 e. The number of unbranched alkanes of at least 4 members (excludes halogenated alkanes) is 1. The molecule has 0 unspecified atom stereocenters. The second kappa shape index (κ2) is 10.1. The molecular weight excluding hydrogens is 330 g/mol. The van der Waals surface area contributed by atoms with Gasteiger partial charge in [0, 0.05) is 17.8 Å². The molecule has 0 saturated heterocycles. The van der Waals surface area contributed by atoms with E-state index in [-0.39, 0.29) is 6.61 Å². The Morgan fingerprint density at radius 2 is 2.04 bits per heavy atom. The molecule has 1 aromatic heterocycles. The molecule has 6 nitrogen and oxygen atoms in total. The van der Waals surface area contributed by atoms with Crippen molar-refractivity contribution >= 4 is 23.5 Å². The van der Waals surface area contributed by atoms with Crippen LogP contribution >= 0.6 is 0 Å². The van der Waals surface area contributed by atoms with Crippen LogP contribution in [0.2, 0.25) is 0 Å². The first-order valence-corrected chi connectivity index (χ1v) is 8.72. The van der Waals surface area contributed by atoms with E-state index in [2.05, 4.69) is 29.4 Å². The number of rotatable bonds is 8. The average molecular weight is 354 g/mol. The SMILES string of the molecule is CCCCc1cc[n+](CCOC(=O)Nc2ccc(C)c(N=C=O)c2)cc1. The Labute approximate surface area is 153 Å². The van der Waals surface area contributed by atoms with Crippen LogP contribution in [0.5, 0.6) is 0 Å². The van der Waals surface area contributed by atoms with Gasteiger partial charge in [-0.2, -0.15) is 4.99 Å². The van der Waals surface area contributed by atoms with Crippen LogP contribution in [0.25, 0.3) is 0 Å². The molecule has 0 atom stereocenters. The maximum atomic E-state index is 11.9. The summed E-state index contributed by atoms with van der Waals surface area (Å²) in [6.45, 7) is 4.84. The first-order chi connectivity index (χ1) is 12.6. The van der Waals surface area contributed by atoms with E-state index in [9.17, 15) is 9.59 Å². The summed E-state index contributed by atoms with van der Waals surface area (Å²) in [6.07, 6.45) is 8.40. The molecule has 0 bridgehead atoms. The number of benzene rings is 1. The number of carbonyl (C=O) groups excluding carboxylic acids is 2. The van der Waals surface area contributed by atoms with Gasteiger partial charge in [0.1, 0.15) is 0 Å². The molecular formula is C20H24N3O3+. The first kappa shape index (κ1) is 19.3. The van der Waals surface area contributed by atoms with Crippen LogP contribution in [0, 0.1) is 6.92 Å². The number of nitrogens with one attached hydrogen (secondary N) is 1. The summed E-state index contributed by atoms with van der Waals surface area (Å²) in [5, 5.41) is 2.63. The van der Waals surface area contributed by atoms with Gasteiger partial charge in [-0.05, 0) is 43.0 Å². The summed E-state index contributed by atoms with van der Waals surface area (Å²) in [5.41, 5.74) is 3.13. The van der Waals surface area contributed by atoms with Crippen molar-refractivity contribution in [2.45, 2.75) is 39.7 Å². The molecule has 1 N–H and O–H groups in total. The Kier molecular flexibility index (Phi) is 7.52. The minimum absolute atomic E-state index is 0.260.